The maximum Gasteiger partial charge on any atom is 0.261 e. The molecule has 172 valence electrons. The molecule has 0 aliphatic carbocycles. The molecule has 33 heavy (non-hydrogen) atoms. The van der Waals surface area contributed by atoms with Gasteiger partial charge in [0.05, 0.1) is 17.1 Å². The van der Waals surface area contributed by atoms with E-state index in [0.717, 1.165) is 39.3 Å². The topological polar surface area (TPSA) is 59.4 Å². The fourth-order valence-electron chi connectivity index (χ4n) is 3.46. The number of ether oxygens (including phenoxy) is 1. The van der Waals surface area contributed by atoms with Gasteiger partial charge in [-0.15, -0.1) is 11.3 Å². The summed E-state index contributed by atoms with van der Waals surface area (Å²) in [5, 5.41) is 8.55. The van der Waals surface area contributed by atoms with E-state index in [0.29, 0.717) is 24.6 Å². The van der Waals surface area contributed by atoms with Gasteiger partial charge in [-0.25, -0.2) is 4.39 Å². The van der Waals surface area contributed by atoms with Crippen molar-refractivity contribution in [3.05, 3.63) is 82.1 Å². The number of aromatic nitrogens is 2. The number of rotatable bonds is 9. The number of nitrogens with one attached hydrogen (secondary N) is 1. The lowest BCUT2D eigenvalue weighted by Crippen LogP contribution is -2.22. The summed E-state index contributed by atoms with van der Waals surface area (Å²) in [6.45, 7) is 4.31. The number of benzene rings is 2. The van der Waals surface area contributed by atoms with E-state index in [4.69, 9.17) is 4.74 Å². The first kappa shape index (κ1) is 22.9. The largest absolute Gasteiger partial charge is 0.492 e. The van der Waals surface area contributed by atoms with Crippen molar-refractivity contribution >= 4 is 27.5 Å². The van der Waals surface area contributed by atoms with Crippen LogP contribution in [0.3, 0.4) is 0 Å². The number of amides is 1. The molecular weight excluding hydrogens is 439 g/mol. The van der Waals surface area contributed by atoms with Crippen LogP contribution in [0.4, 0.5) is 4.39 Å². The zero-order chi connectivity index (χ0) is 23.4. The number of hydrogen-bond donors (Lipinski definition) is 1. The third kappa shape index (κ3) is 5.77. The van der Waals surface area contributed by atoms with Crippen molar-refractivity contribution in [2.24, 2.45) is 0 Å². The number of hydrogen-bond acceptors (Lipinski definition) is 5. The molecule has 0 fully saturated rings. The van der Waals surface area contributed by atoms with Gasteiger partial charge in [0.2, 0.25) is 0 Å². The molecule has 8 heteroatoms. The zero-order valence-electron chi connectivity index (χ0n) is 19.0. The van der Waals surface area contributed by atoms with Crippen LogP contribution in [0.25, 0.3) is 10.2 Å². The van der Waals surface area contributed by atoms with Crippen LogP contribution in [0.1, 0.15) is 26.5 Å². The second-order valence-electron chi connectivity index (χ2n) is 8.18. The maximum absolute atomic E-state index is 13.2. The standard InChI is InChI=1S/C25H27FN4O2S/c1-17-22-14-23(33-25(22)30(28-17)16-18-7-9-20(26)10-8-18)24(31)27-15-19-5-4-6-21(13-19)32-12-11-29(2)3/h4-10,13-14H,11-12,15-16H2,1-3H3,(H,27,31). The second kappa shape index (κ2) is 10.1. The van der Waals surface area contributed by atoms with Crippen LogP contribution in [0.5, 0.6) is 5.75 Å². The number of carbonyl (C=O) groups excluding carboxylic acids is 1. The minimum absolute atomic E-state index is 0.122. The van der Waals surface area contributed by atoms with Gasteiger partial charge in [-0.05, 0) is 62.5 Å². The molecule has 0 aliphatic heterocycles. The van der Waals surface area contributed by atoms with Crippen LogP contribution in [0, 0.1) is 12.7 Å². The lowest BCUT2D eigenvalue weighted by Gasteiger charge is -2.12. The predicted octanol–water partition coefficient (Wildman–Crippen LogP) is 4.46. The van der Waals surface area contributed by atoms with Crippen molar-refractivity contribution in [3.8, 4) is 5.75 Å². The molecule has 4 aromatic rings. The van der Waals surface area contributed by atoms with Crippen LogP contribution < -0.4 is 10.1 Å². The van der Waals surface area contributed by atoms with E-state index in [2.05, 4.69) is 15.3 Å². The molecule has 0 saturated carbocycles. The van der Waals surface area contributed by atoms with Gasteiger partial charge >= 0.3 is 0 Å². The van der Waals surface area contributed by atoms with Gasteiger partial charge in [-0.2, -0.15) is 5.10 Å². The number of nitrogens with zero attached hydrogens (tertiary/aromatic N) is 3. The Hall–Kier alpha value is -3.23. The summed E-state index contributed by atoms with van der Waals surface area (Å²) in [4.78, 5) is 16.5. The Labute approximate surface area is 196 Å². The second-order valence-corrected chi connectivity index (χ2v) is 9.21. The van der Waals surface area contributed by atoms with E-state index < -0.39 is 0 Å². The Morgan fingerprint density at radius 2 is 1.94 bits per heavy atom. The first-order valence-corrected chi connectivity index (χ1v) is 11.6. The van der Waals surface area contributed by atoms with Crippen LogP contribution in [0.2, 0.25) is 0 Å². The molecule has 0 saturated heterocycles. The highest BCUT2D eigenvalue weighted by Gasteiger charge is 2.16. The van der Waals surface area contributed by atoms with E-state index in [1.165, 1.54) is 23.5 Å². The zero-order valence-corrected chi connectivity index (χ0v) is 19.8. The summed E-state index contributed by atoms with van der Waals surface area (Å²) >= 11 is 1.41. The summed E-state index contributed by atoms with van der Waals surface area (Å²) in [6.07, 6.45) is 0. The van der Waals surface area contributed by atoms with E-state index in [1.807, 2.05) is 56.0 Å². The quantitative estimate of drug-likeness (QED) is 0.396. The third-order valence-corrected chi connectivity index (χ3v) is 6.38. The fourth-order valence-corrected chi connectivity index (χ4v) is 4.53. The van der Waals surface area contributed by atoms with Crippen LogP contribution in [0.15, 0.2) is 54.6 Å². The Kier molecular flexibility index (Phi) is 7.05. The predicted molar refractivity (Wildman–Crippen MR) is 130 cm³/mol. The molecule has 2 heterocycles. The summed E-state index contributed by atoms with van der Waals surface area (Å²) in [7, 11) is 4.01. The molecule has 0 aliphatic rings. The Bertz CT molecular complexity index is 1250. The van der Waals surface area contributed by atoms with E-state index in [9.17, 15) is 9.18 Å². The summed E-state index contributed by atoms with van der Waals surface area (Å²) in [6, 6.07) is 16.0. The van der Waals surface area contributed by atoms with Crippen molar-refractivity contribution < 1.29 is 13.9 Å². The number of halogens is 1. The Balaban J connectivity index is 1.42. The first-order chi connectivity index (χ1) is 15.9. The highest BCUT2D eigenvalue weighted by Crippen LogP contribution is 2.29. The minimum Gasteiger partial charge on any atom is -0.492 e. The van der Waals surface area contributed by atoms with Crippen molar-refractivity contribution in [1.29, 1.82) is 0 Å². The fraction of sp³-hybridized carbons (Fsp3) is 0.280. The average Bonchev–Trinajstić information content (AvgIpc) is 3.35. The van der Waals surface area contributed by atoms with Gasteiger partial charge in [-0.3, -0.25) is 9.48 Å². The van der Waals surface area contributed by atoms with Crippen LogP contribution in [-0.2, 0) is 13.1 Å². The van der Waals surface area contributed by atoms with Gasteiger partial charge in [0.1, 0.15) is 23.0 Å². The highest BCUT2D eigenvalue weighted by atomic mass is 32.1. The molecular formula is C25H27FN4O2S. The van der Waals surface area contributed by atoms with Crippen molar-refractivity contribution in [1.82, 2.24) is 20.0 Å². The molecule has 2 aromatic carbocycles. The molecule has 2 aromatic heterocycles. The van der Waals surface area contributed by atoms with Gasteiger partial charge in [0.15, 0.2) is 0 Å². The number of carbonyl (C=O) groups is 1. The highest BCUT2D eigenvalue weighted by molar-refractivity contribution is 7.20. The van der Waals surface area contributed by atoms with Gasteiger partial charge in [-0.1, -0.05) is 24.3 Å². The molecule has 0 radical (unpaired) electrons. The van der Waals surface area contributed by atoms with E-state index in [-0.39, 0.29) is 11.7 Å². The normalized spacial score (nSPS) is 11.3. The maximum atomic E-state index is 13.2. The monoisotopic (exact) mass is 466 g/mol. The summed E-state index contributed by atoms with van der Waals surface area (Å²) < 4.78 is 20.8. The van der Waals surface area contributed by atoms with Gasteiger partial charge < -0.3 is 15.0 Å². The van der Waals surface area contributed by atoms with Crippen molar-refractivity contribution in [2.75, 3.05) is 27.2 Å². The number of fused-ring (bicyclic) bond motifs is 1. The number of aryl methyl sites for hydroxylation is 1. The van der Waals surface area contributed by atoms with Gasteiger partial charge in [0.25, 0.3) is 5.91 Å². The molecule has 1 amide bonds. The molecule has 4 rings (SSSR count). The van der Waals surface area contributed by atoms with E-state index in [1.54, 1.807) is 12.1 Å². The lowest BCUT2D eigenvalue weighted by atomic mass is 10.2. The number of likely N-dealkylation sites (N-methyl/N-ethyl adjacent to an activating group) is 1. The molecule has 1 N–H and O–H groups in total. The first-order valence-electron chi connectivity index (χ1n) is 10.7. The van der Waals surface area contributed by atoms with Crippen LogP contribution in [-0.4, -0.2) is 47.8 Å². The Morgan fingerprint density at radius 3 is 2.70 bits per heavy atom. The molecule has 0 spiro atoms. The van der Waals surface area contributed by atoms with E-state index >= 15 is 0 Å². The van der Waals surface area contributed by atoms with Gasteiger partial charge in [0, 0.05) is 18.5 Å². The van der Waals surface area contributed by atoms with Crippen molar-refractivity contribution in [2.45, 2.75) is 20.0 Å². The SMILES string of the molecule is Cc1nn(Cc2ccc(F)cc2)c2sc(C(=O)NCc3cccc(OCCN(C)C)c3)cc12. The molecule has 0 unspecified atom stereocenters. The summed E-state index contributed by atoms with van der Waals surface area (Å²) in [5.74, 6) is 0.408. The number of thiophene rings is 1. The smallest absolute Gasteiger partial charge is 0.261 e. The lowest BCUT2D eigenvalue weighted by molar-refractivity contribution is 0.0955. The average molecular weight is 467 g/mol. The Morgan fingerprint density at radius 1 is 1.15 bits per heavy atom. The third-order valence-electron chi connectivity index (χ3n) is 5.24. The molecule has 0 atom stereocenters. The minimum atomic E-state index is -0.263. The molecule has 6 nitrogen and oxygen atoms in total. The van der Waals surface area contributed by atoms with Crippen LogP contribution >= 0.6 is 11.3 Å². The molecule has 0 bridgehead atoms. The summed E-state index contributed by atoms with van der Waals surface area (Å²) in [5.41, 5.74) is 2.79. The van der Waals surface area contributed by atoms with Crippen molar-refractivity contribution in [3.63, 3.8) is 0 Å².